The zero-order valence-electron chi connectivity index (χ0n) is 15.3. The molecule has 0 radical (unpaired) electrons. The highest BCUT2D eigenvalue weighted by atomic mass is 16.5. The summed E-state index contributed by atoms with van der Waals surface area (Å²) in [5, 5.41) is 0. The topological polar surface area (TPSA) is 57.8 Å². The van der Waals surface area contributed by atoms with Gasteiger partial charge in [-0.05, 0) is 24.1 Å². The molecule has 0 N–H and O–H groups in total. The highest BCUT2D eigenvalue weighted by Crippen LogP contribution is 2.28. The summed E-state index contributed by atoms with van der Waals surface area (Å²) in [7, 11) is 1.71. The Bertz CT molecular complexity index is 980. The average Bonchev–Trinajstić information content (AvgIpc) is 3.30. The molecule has 0 amide bonds. The first-order valence-corrected chi connectivity index (χ1v) is 8.97. The fraction of sp³-hybridized carbons (Fsp3) is 0.400. The number of hydrogen-bond acceptors (Lipinski definition) is 4. The quantitative estimate of drug-likeness (QED) is 0.721. The maximum Gasteiger partial charge on any atom is 0.279 e. The Kier molecular flexibility index (Phi) is 4.28. The first kappa shape index (κ1) is 16.8. The van der Waals surface area contributed by atoms with E-state index in [2.05, 4.69) is 31.0 Å². The van der Waals surface area contributed by atoms with Crippen LogP contribution in [0.25, 0.3) is 5.52 Å². The number of aromatic nitrogens is 3. The van der Waals surface area contributed by atoms with Crippen LogP contribution in [0.5, 0.6) is 11.6 Å². The largest absolute Gasteiger partial charge is 0.439 e. The van der Waals surface area contributed by atoms with Crippen molar-refractivity contribution in [1.29, 1.82) is 0 Å². The monoisotopic (exact) mass is 353 g/mol. The minimum absolute atomic E-state index is 0.123. The Balaban J connectivity index is 1.67. The average molecular weight is 353 g/mol. The van der Waals surface area contributed by atoms with Crippen LogP contribution in [0.4, 0.5) is 0 Å². The lowest BCUT2D eigenvalue weighted by molar-refractivity contribution is 0.194. The van der Waals surface area contributed by atoms with E-state index >= 15 is 0 Å². The van der Waals surface area contributed by atoms with Crippen LogP contribution in [0.2, 0.25) is 0 Å². The lowest BCUT2D eigenvalue weighted by Gasteiger charge is -2.13. The van der Waals surface area contributed by atoms with Gasteiger partial charge in [-0.25, -0.2) is 4.98 Å². The SMILES string of the molecule is CC(C)c1ncc2c(=O)n(C)c(Oc3ccc([C@H]4CCOC4)cc3)cn12. The van der Waals surface area contributed by atoms with Gasteiger partial charge in [0, 0.05) is 25.5 Å². The van der Waals surface area contributed by atoms with Gasteiger partial charge in [0.05, 0.1) is 19.0 Å². The molecule has 136 valence electrons. The second-order valence-electron chi connectivity index (χ2n) is 7.09. The first-order chi connectivity index (χ1) is 12.5. The van der Waals surface area contributed by atoms with Crippen LogP contribution >= 0.6 is 0 Å². The molecule has 6 nitrogen and oxygen atoms in total. The molecule has 0 bridgehead atoms. The summed E-state index contributed by atoms with van der Waals surface area (Å²) in [5.74, 6) is 2.71. The molecule has 1 saturated heterocycles. The molecule has 1 atom stereocenters. The highest BCUT2D eigenvalue weighted by molar-refractivity contribution is 5.46. The van der Waals surface area contributed by atoms with Gasteiger partial charge in [0.25, 0.3) is 5.56 Å². The van der Waals surface area contributed by atoms with Crippen LogP contribution in [-0.2, 0) is 11.8 Å². The van der Waals surface area contributed by atoms with Crippen molar-refractivity contribution in [3.05, 3.63) is 58.4 Å². The van der Waals surface area contributed by atoms with Crippen molar-refractivity contribution < 1.29 is 9.47 Å². The van der Waals surface area contributed by atoms with Crippen LogP contribution in [0, 0.1) is 0 Å². The third-order valence-corrected chi connectivity index (χ3v) is 4.94. The number of ether oxygens (including phenoxy) is 2. The van der Waals surface area contributed by atoms with Gasteiger partial charge in [-0.15, -0.1) is 0 Å². The van der Waals surface area contributed by atoms with E-state index in [9.17, 15) is 4.79 Å². The minimum atomic E-state index is -0.123. The second kappa shape index (κ2) is 6.61. The van der Waals surface area contributed by atoms with Gasteiger partial charge in [0.2, 0.25) is 5.88 Å². The van der Waals surface area contributed by atoms with Gasteiger partial charge in [0.1, 0.15) is 17.1 Å². The summed E-state index contributed by atoms with van der Waals surface area (Å²) in [6.45, 7) is 5.72. The van der Waals surface area contributed by atoms with Crippen LogP contribution in [0.3, 0.4) is 0 Å². The lowest BCUT2D eigenvalue weighted by atomic mass is 9.99. The Morgan fingerprint density at radius 2 is 2.04 bits per heavy atom. The first-order valence-electron chi connectivity index (χ1n) is 8.97. The molecular weight excluding hydrogens is 330 g/mol. The molecule has 0 unspecified atom stereocenters. The zero-order valence-corrected chi connectivity index (χ0v) is 15.3. The number of hydrogen-bond donors (Lipinski definition) is 0. The van der Waals surface area contributed by atoms with E-state index in [1.807, 2.05) is 22.7 Å². The van der Waals surface area contributed by atoms with Crippen LogP contribution < -0.4 is 10.3 Å². The summed E-state index contributed by atoms with van der Waals surface area (Å²) in [5.41, 5.74) is 1.69. The van der Waals surface area contributed by atoms with Gasteiger partial charge in [-0.2, -0.15) is 0 Å². The molecule has 2 aromatic heterocycles. The van der Waals surface area contributed by atoms with Gasteiger partial charge in [-0.3, -0.25) is 13.8 Å². The summed E-state index contributed by atoms with van der Waals surface area (Å²) in [6, 6.07) is 8.03. The van der Waals surface area contributed by atoms with Crippen molar-refractivity contribution in [2.24, 2.45) is 7.05 Å². The normalized spacial score (nSPS) is 17.3. The number of rotatable bonds is 4. The maximum absolute atomic E-state index is 12.6. The van der Waals surface area contributed by atoms with E-state index in [1.54, 1.807) is 13.2 Å². The van der Waals surface area contributed by atoms with Gasteiger partial charge in [0.15, 0.2) is 0 Å². The van der Waals surface area contributed by atoms with Crippen LogP contribution in [-0.4, -0.2) is 27.2 Å². The van der Waals surface area contributed by atoms with E-state index in [-0.39, 0.29) is 11.5 Å². The van der Waals surface area contributed by atoms with Crippen molar-refractivity contribution in [3.63, 3.8) is 0 Å². The third kappa shape index (κ3) is 2.90. The third-order valence-electron chi connectivity index (χ3n) is 4.94. The summed E-state index contributed by atoms with van der Waals surface area (Å²) < 4.78 is 14.8. The number of nitrogens with zero attached hydrogens (tertiary/aromatic N) is 3. The summed E-state index contributed by atoms with van der Waals surface area (Å²) >= 11 is 0. The van der Waals surface area contributed by atoms with E-state index in [0.717, 1.165) is 25.5 Å². The second-order valence-corrected chi connectivity index (χ2v) is 7.09. The van der Waals surface area contributed by atoms with Crippen molar-refractivity contribution in [2.45, 2.75) is 32.1 Å². The molecule has 1 aliphatic heterocycles. The number of imidazole rings is 1. The fourth-order valence-corrected chi connectivity index (χ4v) is 3.39. The summed E-state index contributed by atoms with van der Waals surface area (Å²) in [6.07, 6.45) is 4.52. The predicted molar refractivity (Wildman–Crippen MR) is 99.2 cm³/mol. The Morgan fingerprint density at radius 3 is 2.69 bits per heavy atom. The zero-order chi connectivity index (χ0) is 18.3. The molecule has 3 aromatic rings. The van der Waals surface area contributed by atoms with Crippen molar-refractivity contribution in [1.82, 2.24) is 14.0 Å². The Morgan fingerprint density at radius 1 is 1.27 bits per heavy atom. The van der Waals surface area contributed by atoms with E-state index in [4.69, 9.17) is 9.47 Å². The molecule has 3 heterocycles. The van der Waals surface area contributed by atoms with Crippen LogP contribution in [0.15, 0.2) is 41.5 Å². The smallest absolute Gasteiger partial charge is 0.279 e. The molecule has 1 aliphatic rings. The fourth-order valence-electron chi connectivity index (χ4n) is 3.39. The van der Waals surface area contributed by atoms with Gasteiger partial charge in [-0.1, -0.05) is 26.0 Å². The van der Waals surface area contributed by atoms with Crippen molar-refractivity contribution in [2.75, 3.05) is 13.2 Å². The Labute approximate surface area is 152 Å². The number of fused-ring (bicyclic) bond motifs is 1. The van der Waals surface area contributed by atoms with Gasteiger partial charge < -0.3 is 9.47 Å². The molecule has 0 saturated carbocycles. The molecule has 1 aromatic carbocycles. The van der Waals surface area contributed by atoms with Crippen LogP contribution in [0.1, 0.15) is 43.5 Å². The molecule has 6 heteroatoms. The Hall–Kier alpha value is -2.60. The van der Waals surface area contributed by atoms with E-state index < -0.39 is 0 Å². The molecule has 0 aliphatic carbocycles. The maximum atomic E-state index is 12.6. The highest BCUT2D eigenvalue weighted by Gasteiger charge is 2.18. The van der Waals surface area contributed by atoms with Crippen molar-refractivity contribution in [3.8, 4) is 11.6 Å². The predicted octanol–water partition coefficient (Wildman–Crippen LogP) is 3.45. The number of benzene rings is 1. The molecule has 26 heavy (non-hydrogen) atoms. The van der Waals surface area contributed by atoms with Crippen molar-refractivity contribution >= 4 is 5.52 Å². The summed E-state index contributed by atoms with van der Waals surface area (Å²) in [4.78, 5) is 17.0. The van der Waals surface area contributed by atoms with Gasteiger partial charge >= 0.3 is 0 Å². The van der Waals surface area contributed by atoms with E-state index in [1.165, 1.54) is 10.1 Å². The minimum Gasteiger partial charge on any atom is -0.439 e. The lowest BCUT2D eigenvalue weighted by Crippen LogP contribution is -2.20. The standard InChI is InChI=1S/C20H23N3O3/c1-13(2)19-21-10-17-20(24)22(3)18(11-23(17)19)26-16-6-4-14(5-7-16)15-8-9-25-12-15/h4-7,10-11,13,15H,8-9,12H2,1-3H3/t15-/m0/s1. The van der Waals surface area contributed by atoms with E-state index in [0.29, 0.717) is 23.1 Å². The molecule has 0 spiro atoms. The molecule has 1 fully saturated rings. The molecular formula is C20H23N3O3. The molecule has 4 rings (SSSR count).